The fourth-order valence-corrected chi connectivity index (χ4v) is 2.80. The van der Waals surface area contributed by atoms with Crippen molar-refractivity contribution in [3.8, 4) is 0 Å². The molecule has 0 radical (unpaired) electrons. The van der Waals surface area contributed by atoms with E-state index >= 15 is 0 Å². The average molecular weight is 327 g/mol. The molecule has 0 spiro atoms. The Bertz CT molecular complexity index is 390. The maximum absolute atomic E-state index is 3.62. The lowest BCUT2D eigenvalue weighted by atomic mass is 9.84. The summed E-state index contributed by atoms with van der Waals surface area (Å²) in [6.45, 7) is 12.2. The molecular formula is C16H27BrN2. The summed E-state index contributed by atoms with van der Waals surface area (Å²) in [6.07, 6.45) is 0. The highest BCUT2D eigenvalue weighted by atomic mass is 79.9. The van der Waals surface area contributed by atoms with E-state index in [4.69, 9.17) is 0 Å². The summed E-state index contributed by atoms with van der Waals surface area (Å²) in [5.41, 5.74) is 1.60. The fourth-order valence-electron chi connectivity index (χ4n) is 2.39. The molecule has 0 aliphatic heterocycles. The van der Waals surface area contributed by atoms with Crippen LogP contribution in [-0.4, -0.2) is 31.1 Å². The minimum absolute atomic E-state index is 0.256. The number of hydrogen-bond acceptors (Lipinski definition) is 2. The number of nitrogens with zero attached hydrogens (tertiary/aromatic N) is 1. The van der Waals surface area contributed by atoms with Crippen LogP contribution in [0.25, 0.3) is 0 Å². The third-order valence-corrected chi connectivity index (χ3v) is 4.53. The molecule has 0 fully saturated rings. The van der Waals surface area contributed by atoms with Gasteiger partial charge in [0.1, 0.15) is 0 Å². The Morgan fingerprint density at radius 2 is 1.95 bits per heavy atom. The van der Waals surface area contributed by atoms with Crippen LogP contribution in [0.5, 0.6) is 0 Å². The second kappa shape index (κ2) is 7.41. The monoisotopic (exact) mass is 326 g/mol. The van der Waals surface area contributed by atoms with Gasteiger partial charge < -0.3 is 10.2 Å². The molecule has 0 saturated carbocycles. The van der Waals surface area contributed by atoms with Crippen molar-refractivity contribution < 1.29 is 0 Å². The number of hydrogen-bond donors (Lipinski definition) is 1. The van der Waals surface area contributed by atoms with Crippen molar-refractivity contribution in [2.75, 3.05) is 20.1 Å². The molecule has 0 aliphatic carbocycles. The van der Waals surface area contributed by atoms with Crippen molar-refractivity contribution in [2.24, 2.45) is 5.41 Å². The lowest BCUT2D eigenvalue weighted by Crippen LogP contribution is -2.45. The molecule has 1 rings (SSSR count). The van der Waals surface area contributed by atoms with Gasteiger partial charge in [0.15, 0.2) is 0 Å². The fraction of sp³-hybridized carbons (Fsp3) is 0.625. The number of nitrogens with one attached hydrogen (secondary N) is 1. The first-order chi connectivity index (χ1) is 8.86. The molecule has 0 heterocycles. The van der Waals surface area contributed by atoms with E-state index in [0.717, 1.165) is 19.6 Å². The van der Waals surface area contributed by atoms with Gasteiger partial charge in [0.25, 0.3) is 0 Å². The van der Waals surface area contributed by atoms with Crippen molar-refractivity contribution >= 4 is 15.9 Å². The van der Waals surface area contributed by atoms with Crippen LogP contribution in [-0.2, 0) is 6.54 Å². The summed E-state index contributed by atoms with van der Waals surface area (Å²) in [7, 11) is 2.19. The predicted octanol–water partition coefficient (Wildman–Crippen LogP) is 3.91. The van der Waals surface area contributed by atoms with Gasteiger partial charge in [-0.3, -0.25) is 0 Å². The van der Waals surface area contributed by atoms with Crippen molar-refractivity contribution in [3.05, 3.63) is 34.3 Å². The lowest BCUT2D eigenvalue weighted by molar-refractivity contribution is 0.161. The first-order valence-electron chi connectivity index (χ1n) is 7.02. The van der Waals surface area contributed by atoms with Crippen LogP contribution in [0.1, 0.15) is 33.3 Å². The Morgan fingerprint density at radius 1 is 1.32 bits per heavy atom. The number of halogens is 1. The molecule has 1 aromatic carbocycles. The summed E-state index contributed by atoms with van der Waals surface area (Å²) in [6, 6.07) is 8.96. The molecule has 108 valence electrons. The number of benzene rings is 1. The van der Waals surface area contributed by atoms with Crippen LogP contribution in [0.2, 0.25) is 0 Å². The third-order valence-electron chi connectivity index (χ3n) is 3.76. The zero-order valence-corrected chi connectivity index (χ0v) is 14.4. The largest absolute Gasteiger partial charge is 0.314 e. The maximum Gasteiger partial charge on any atom is 0.0242 e. The van der Waals surface area contributed by atoms with Gasteiger partial charge in [-0.15, -0.1) is 0 Å². The molecule has 3 heteroatoms. The molecule has 0 amide bonds. The molecule has 1 N–H and O–H groups in total. The van der Waals surface area contributed by atoms with Gasteiger partial charge in [-0.25, -0.2) is 0 Å². The lowest BCUT2D eigenvalue weighted by Gasteiger charge is -2.36. The van der Waals surface area contributed by atoms with E-state index < -0.39 is 0 Å². The van der Waals surface area contributed by atoms with Crippen molar-refractivity contribution in [2.45, 2.75) is 40.3 Å². The summed E-state index contributed by atoms with van der Waals surface area (Å²) in [5, 5.41) is 3.53. The second-order valence-electron chi connectivity index (χ2n) is 6.03. The number of rotatable bonds is 7. The van der Waals surface area contributed by atoms with Crippen LogP contribution in [0.3, 0.4) is 0 Å². The maximum atomic E-state index is 3.62. The molecule has 19 heavy (non-hydrogen) atoms. The Balaban J connectivity index is 2.60. The van der Waals surface area contributed by atoms with Gasteiger partial charge in [0.2, 0.25) is 0 Å². The van der Waals surface area contributed by atoms with E-state index in [9.17, 15) is 0 Å². The van der Waals surface area contributed by atoms with E-state index in [1.165, 1.54) is 10.0 Å². The first kappa shape index (κ1) is 16.7. The highest BCUT2D eigenvalue weighted by Gasteiger charge is 2.26. The van der Waals surface area contributed by atoms with E-state index in [1.807, 2.05) is 0 Å². The van der Waals surface area contributed by atoms with Gasteiger partial charge in [-0.1, -0.05) is 54.9 Å². The quantitative estimate of drug-likeness (QED) is 0.817. The Morgan fingerprint density at radius 3 is 2.53 bits per heavy atom. The van der Waals surface area contributed by atoms with Gasteiger partial charge in [-0.2, -0.15) is 0 Å². The van der Waals surface area contributed by atoms with Crippen molar-refractivity contribution in [3.63, 3.8) is 0 Å². The predicted molar refractivity (Wildman–Crippen MR) is 87.4 cm³/mol. The molecule has 0 saturated heterocycles. The Kier molecular flexibility index (Phi) is 6.51. The summed E-state index contributed by atoms with van der Waals surface area (Å²) < 4.78 is 1.19. The van der Waals surface area contributed by atoms with Gasteiger partial charge in [-0.05, 0) is 37.6 Å². The van der Waals surface area contributed by atoms with Crippen LogP contribution in [0.15, 0.2) is 28.7 Å². The summed E-state index contributed by atoms with van der Waals surface area (Å²) >= 11 is 3.62. The molecule has 1 atom stereocenters. The van der Waals surface area contributed by atoms with Crippen LogP contribution in [0.4, 0.5) is 0 Å². The molecular weight excluding hydrogens is 300 g/mol. The van der Waals surface area contributed by atoms with E-state index in [2.05, 4.69) is 85.2 Å². The third kappa shape index (κ3) is 5.25. The van der Waals surface area contributed by atoms with Crippen molar-refractivity contribution in [1.29, 1.82) is 0 Å². The second-order valence-corrected chi connectivity index (χ2v) is 6.89. The molecule has 1 aromatic rings. The Labute approximate surface area is 126 Å². The average Bonchev–Trinajstić information content (AvgIpc) is 2.31. The van der Waals surface area contributed by atoms with Crippen molar-refractivity contribution in [1.82, 2.24) is 10.2 Å². The standard InChI is InChI=1S/C16H27BrN2/c1-6-18-13(2)16(3,4)12-19(5)11-14-9-7-8-10-15(14)17/h7-10,13,18H,6,11-12H2,1-5H3. The first-order valence-corrected chi connectivity index (χ1v) is 7.81. The van der Waals surface area contributed by atoms with Gasteiger partial charge >= 0.3 is 0 Å². The summed E-state index contributed by atoms with van der Waals surface area (Å²) in [4.78, 5) is 2.40. The van der Waals surface area contributed by atoms with E-state index in [1.54, 1.807) is 0 Å². The smallest absolute Gasteiger partial charge is 0.0242 e. The van der Waals surface area contributed by atoms with Gasteiger partial charge in [0.05, 0.1) is 0 Å². The van der Waals surface area contributed by atoms with E-state index in [0.29, 0.717) is 6.04 Å². The molecule has 0 aromatic heterocycles. The van der Waals surface area contributed by atoms with Crippen LogP contribution >= 0.6 is 15.9 Å². The SMILES string of the molecule is CCNC(C)C(C)(C)CN(C)Cc1ccccc1Br. The van der Waals surface area contributed by atoms with E-state index in [-0.39, 0.29) is 5.41 Å². The highest BCUT2D eigenvalue weighted by Crippen LogP contribution is 2.24. The zero-order valence-electron chi connectivity index (χ0n) is 12.8. The zero-order chi connectivity index (χ0) is 14.5. The topological polar surface area (TPSA) is 15.3 Å². The summed E-state index contributed by atoms with van der Waals surface area (Å²) in [5.74, 6) is 0. The normalized spacial score (nSPS) is 13.8. The van der Waals surface area contributed by atoms with Crippen LogP contribution in [0, 0.1) is 5.41 Å². The highest BCUT2D eigenvalue weighted by molar-refractivity contribution is 9.10. The molecule has 1 unspecified atom stereocenters. The minimum atomic E-state index is 0.256. The molecule has 0 aliphatic rings. The minimum Gasteiger partial charge on any atom is -0.314 e. The Hall–Kier alpha value is -0.380. The molecule has 0 bridgehead atoms. The van der Waals surface area contributed by atoms with Gasteiger partial charge in [0, 0.05) is 23.6 Å². The van der Waals surface area contributed by atoms with Crippen LogP contribution < -0.4 is 5.32 Å². The molecule has 2 nitrogen and oxygen atoms in total.